The molecule has 3 heterocycles. The molecule has 0 aromatic carbocycles. The summed E-state index contributed by atoms with van der Waals surface area (Å²) in [6, 6.07) is 5.60. The normalized spacial score (nSPS) is 16.5. The number of pyridine rings is 1. The highest BCUT2D eigenvalue weighted by Crippen LogP contribution is 2.26. The van der Waals surface area contributed by atoms with E-state index in [-0.39, 0.29) is 17.4 Å². The van der Waals surface area contributed by atoms with Gasteiger partial charge in [0, 0.05) is 29.8 Å². The Bertz CT molecular complexity index is 804. The highest BCUT2D eigenvalue weighted by atomic mass is 32.2. The molecule has 0 bridgehead atoms. The van der Waals surface area contributed by atoms with Gasteiger partial charge < -0.3 is 5.32 Å². The maximum Gasteiger partial charge on any atom is 0.257 e. The standard InChI is InChI=1S/C17H20N4O2S/c1-3-14-11(2)20-17-21(16(14)23)9-12(10-24-17)15(22)19-8-13-6-4-5-7-18-13/h4-7,12H,3,8-10H2,1-2H3,(H,19,22). The Balaban J connectivity index is 1.72. The van der Waals surface area contributed by atoms with Gasteiger partial charge in [-0.3, -0.25) is 19.1 Å². The minimum absolute atomic E-state index is 0.0188. The molecule has 3 rings (SSSR count). The van der Waals surface area contributed by atoms with Crippen LogP contribution in [0, 0.1) is 12.8 Å². The van der Waals surface area contributed by atoms with Crippen molar-refractivity contribution in [1.82, 2.24) is 19.9 Å². The van der Waals surface area contributed by atoms with Crippen molar-refractivity contribution in [3.8, 4) is 0 Å². The molecular weight excluding hydrogens is 324 g/mol. The van der Waals surface area contributed by atoms with E-state index in [9.17, 15) is 9.59 Å². The Kier molecular flexibility index (Phi) is 4.99. The van der Waals surface area contributed by atoms with E-state index >= 15 is 0 Å². The van der Waals surface area contributed by atoms with Gasteiger partial charge in [0.1, 0.15) is 0 Å². The second-order valence-corrected chi connectivity index (χ2v) is 6.76. The number of carbonyl (C=O) groups excluding carboxylic acids is 1. The molecule has 0 saturated heterocycles. The number of aryl methyl sites for hydroxylation is 1. The van der Waals surface area contributed by atoms with Crippen LogP contribution in [0.15, 0.2) is 34.3 Å². The Morgan fingerprint density at radius 2 is 2.29 bits per heavy atom. The van der Waals surface area contributed by atoms with E-state index in [0.29, 0.717) is 30.4 Å². The lowest BCUT2D eigenvalue weighted by molar-refractivity contribution is -0.125. The van der Waals surface area contributed by atoms with Gasteiger partial charge in [-0.25, -0.2) is 4.98 Å². The van der Waals surface area contributed by atoms with Gasteiger partial charge in [0.25, 0.3) is 5.56 Å². The largest absolute Gasteiger partial charge is 0.350 e. The van der Waals surface area contributed by atoms with Crippen molar-refractivity contribution >= 4 is 17.7 Å². The lowest BCUT2D eigenvalue weighted by Crippen LogP contribution is -2.40. The third-order valence-electron chi connectivity index (χ3n) is 4.15. The quantitative estimate of drug-likeness (QED) is 0.852. The number of carbonyl (C=O) groups is 1. The summed E-state index contributed by atoms with van der Waals surface area (Å²) < 4.78 is 1.64. The number of hydrogen-bond acceptors (Lipinski definition) is 5. The minimum atomic E-state index is -0.238. The van der Waals surface area contributed by atoms with Crippen LogP contribution >= 0.6 is 11.8 Å². The molecule has 1 unspecified atom stereocenters. The molecule has 126 valence electrons. The number of aromatic nitrogens is 3. The average molecular weight is 344 g/mol. The topological polar surface area (TPSA) is 76.9 Å². The predicted molar refractivity (Wildman–Crippen MR) is 92.9 cm³/mol. The van der Waals surface area contributed by atoms with Gasteiger partial charge in [0.15, 0.2) is 5.16 Å². The maximum absolute atomic E-state index is 12.6. The van der Waals surface area contributed by atoms with Crippen molar-refractivity contribution in [3.63, 3.8) is 0 Å². The van der Waals surface area contributed by atoms with Crippen LogP contribution in [0.4, 0.5) is 0 Å². The number of amides is 1. The fourth-order valence-corrected chi connectivity index (χ4v) is 3.91. The van der Waals surface area contributed by atoms with E-state index in [1.54, 1.807) is 10.8 Å². The predicted octanol–water partition coefficient (Wildman–Crippen LogP) is 1.55. The Morgan fingerprint density at radius 3 is 3.00 bits per heavy atom. The van der Waals surface area contributed by atoms with Crippen molar-refractivity contribution in [2.24, 2.45) is 5.92 Å². The summed E-state index contributed by atoms with van der Waals surface area (Å²) in [6.07, 6.45) is 2.35. The van der Waals surface area contributed by atoms with Crippen LogP contribution < -0.4 is 10.9 Å². The minimum Gasteiger partial charge on any atom is -0.350 e. The lowest BCUT2D eigenvalue weighted by Gasteiger charge is -2.25. The second kappa shape index (κ2) is 7.17. The number of fused-ring (bicyclic) bond motifs is 1. The fraction of sp³-hybridized carbons (Fsp3) is 0.412. The van der Waals surface area contributed by atoms with Gasteiger partial charge in [-0.2, -0.15) is 0 Å². The van der Waals surface area contributed by atoms with Crippen LogP contribution in [0.3, 0.4) is 0 Å². The van der Waals surface area contributed by atoms with Gasteiger partial charge in [-0.05, 0) is 25.5 Å². The van der Waals surface area contributed by atoms with Crippen molar-refractivity contribution in [3.05, 3.63) is 51.7 Å². The van der Waals surface area contributed by atoms with Gasteiger partial charge in [-0.15, -0.1) is 0 Å². The van der Waals surface area contributed by atoms with E-state index in [1.807, 2.05) is 32.0 Å². The molecule has 2 aromatic heterocycles. The summed E-state index contributed by atoms with van der Waals surface area (Å²) in [6.45, 7) is 4.60. The molecule has 0 radical (unpaired) electrons. The fourth-order valence-electron chi connectivity index (χ4n) is 2.79. The summed E-state index contributed by atoms with van der Waals surface area (Å²) in [5.41, 5.74) is 2.32. The molecule has 0 aliphatic carbocycles. The highest BCUT2D eigenvalue weighted by Gasteiger charge is 2.27. The van der Waals surface area contributed by atoms with Crippen molar-refractivity contribution in [2.45, 2.75) is 38.5 Å². The smallest absolute Gasteiger partial charge is 0.257 e. The first-order valence-corrected chi connectivity index (χ1v) is 8.99. The maximum atomic E-state index is 12.6. The molecule has 1 atom stereocenters. The Hall–Kier alpha value is -2.15. The average Bonchev–Trinajstić information content (AvgIpc) is 2.60. The first kappa shape index (κ1) is 16.7. The number of nitrogens with zero attached hydrogens (tertiary/aromatic N) is 3. The van der Waals surface area contributed by atoms with Crippen LogP contribution in [0.1, 0.15) is 23.9 Å². The molecule has 0 spiro atoms. The monoisotopic (exact) mass is 344 g/mol. The van der Waals surface area contributed by atoms with Crippen LogP contribution in [-0.2, 0) is 24.3 Å². The van der Waals surface area contributed by atoms with Gasteiger partial charge in [0.05, 0.1) is 18.2 Å². The molecule has 7 heteroatoms. The zero-order valence-electron chi connectivity index (χ0n) is 13.8. The summed E-state index contributed by atoms with van der Waals surface area (Å²) in [4.78, 5) is 33.7. The van der Waals surface area contributed by atoms with E-state index in [1.165, 1.54) is 11.8 Å². The van der Waals surface area contributed by atoms with E-state index in [2.05, 4.69) is 15.3 Å². The Morgan fingerprint density at radius 1 is 1.46 bits per heavy atom. The van der Waals surface area contributed by atoms with Gasteiger partial charge in [0.2, 0.25) is 5.91 Å². The van der Waals surface area contributed by atoms with Gasteiger partial charge in [-0.1, -0.05) is 24.8 Å². The molecule has 24 heavy (non-hydrogen) atoms. The van der Waals surface area contributed by atoms with Crippen molar-refractivity contribution < 1.29 is 4.79 Å². The summed E-state index contributed by atoms with van der Waals surface area (Å²) in [5, 5.41) is 3.62. The molecule has 1 N–H and O–H groups in total. The zero-order chi connectivity index (χ0) is 17.1. The SMILES string of the molecule is CCc1c(C)nc2n(c1=O)CC(C(=O)NCc1ccccn1)CS2. The van der Waals surface area contributed by atoms with Crippen LogP contribution in [-0.4, -0.2) is 26.2 Å². The second-order valence-electron chi connectivity index (χ2n) is 5.77. The van der Waals surface area contributed by atoms with Gasteiger partial charge >= 0.3 is 0 Å². The summed E-state index contributed by atoms with van der Waals surface area (Å²) in [5.74, 6) is 0.341. The van der Waals surface area contributed by atoms with Crippen molar-refractivity contribution in [1.29, 1.82) is 0 Å². The summed E-state index contributed by atoms with van der Waals surface area (Å²) in [7, 11) is 0. The molecule has 6 nitrogen and oxygen atoms in total. The molecule has 0 fully saturated rings. The summed E-state index contributed by atoms with van der Waals surface area (Å²) >= 11 is 1.47. The van der Waals surface area contributed by atoms with Crippen LogP contribution in [0.2, 0.25) is 0 Å². The molecule has 1 amide bonds. The van der Waals surface area contributed by atoms with Crippen LogP contribution in [0.5, 0.6) is 0 Å². The van der Waals surface area contributed by atoms with E-state index < -0.39 is 0 Å². The number of thioether (sulfide) groups is 1. The highest BCUT2D eigenvalue weighted by molar-refractivity contribution is 7.99. The number of hydrogen-bond donors (Lipinski definition) is 1. The third-order valence-corrected chi connectivity index (χ3v) is 5.28. The van der Waals surface area contributed by atoms with E-state index in [0.717, 1.165) is 17.0 Å². The first-order chi connectivity index (χ1) is 11.6. The molecule has 1 aliphatic heterocycles. The number of nitrogens with one attached hydrogen (secondary N) is 1. The number of rotatable bonds is 4. The first-order valence-electron chi connectivity index (χ1n) is 8.01. The molecular formula is C17H20N4O2S. The van der Waals surface area contributed by atoms with E-state index in [4.69, 9.17) is 0 Å². The Labute approximate surface area is 144 Å². The van der Waals surface area contributed by atoms with Crippen LogP contribution in [0.25, 0.3) is 0 Å². The zero-order valence-corrected chi connectivity index (χ0v) is 14.6. The molecule has 1 aliphatic rings. The lowest BCUT2D eigenvalue weighted by atomic mass is 10.1. The molecule has 0 saturated carbocycles. The van der Waals surface area contributed by atoms with Crippen molar-refractivity contribution in [2.75, 3.05) is 5.75 Å². The third kappa shape index (κ3) is 3.36. The molecule has 2 aromatic rings.